The minimum atomic E-state index is -0.794. The summed E-state index contributed by atoms with van der Waals surface area (Å²) in [5, 5.41) is 25.9. The lowest BCUT2D eigenvalue weighted by Gasteiger charge is -2.43. The number of nitrogens with one attached hydrogen (secondary N) is 3. The predicted octanol–water partition coefficient (Wildman–Crippen LogP) is 3.05. The molecule has 1 aromatic heterocycles. The predicted molar refractivity (Wildman–Crippen MR) is 162 cm³/mol. The zero-order valence-corrected chi connectivity index (χ0v) is 24.9. The third kappa shape index (κ3) is 5.64. The summed E-state index contributed by atoms with van der Waals surface area (Å²) in [6, 6.07) is 3.12. The van der Waals surface area contributed by atoms with Crippen molar-refractivity contribution in [2.75, 3.05) is 44.2 Å². The van der Waals surface area contributed by atoms with Gasteiger partial charge in [0.15, 0.2) is 0 Å². The van der Waals surface area contributed by atoms with E-state index in [0.717, 1.165) is 85.3 Å². The Hall–Kier alpha value is -2.88. The van der Waals surface area contributed by atoms with Crippen LogP contribution in [0.5, 0.6) is 0 Å². The average molecular weight is 550 g/mol. The number of dihydropyridines is 1. The summed E-state index contributed by atoms with van der Waals surface area (Å²) in [6.45, 7) is 14.0. The molecule has 1 aliphatic carbocycles. The molecular weight excluding hydrogens is 502 g/mol. The van der Waals surface area contributed by atoms with E-state index in [1.807, 2.05) is 43.9 Å². The molecule has 9 nitrogen and oxygen atoms in total. The summed E-state index contributed by atoms with van der Waals surface area (Å²) in [7, 11) is 1.95. The number of aliphatic hydroxyl groups excluding tert-OH is 1. The van der Waals surface area contributed by atoms with Crippen molar-refractivity contribution in [2.24, 2.45) is 7.05 Å². The van der Waals surface area contributed by atoms with Gasteiger partial charge in [0.05, 0.1) is 17.4 Å². The van der Waals surface area contributed by atoms with E-state index >= 15 is 0 Å². The van der Waals surface area contributed by atoms with Crippen LogP contribution >= 0.6 is 0 Å². The Labute approximate surface area is 238 Å². The van der Waals surface area contributed by atoms with Crippen LogP contribution in [0.3, 0.4) is 0 Å². The molecule has 1 atom stereocenters. The number of hydrogen-bond acceptors (Lipinski definition) is 7. The van der Waals surface area contributed by atoms with Crippen LogP contribution in [0.2, 0.25) is 0 Å². The fourth-order valence-corrected chi connectivity index (χ4v) is 7.07. The zero-order chi connectivity index (χ0) is 28.4. The Bertz CT molecular complexity index is 1280. The minimum absolute atomic E-state index is 0.113. The summed E-state index contributed by atoms with van der Waals surface area (Å²) in [6.07, 6.45) is 8.69. The maximum Gasteiger partial charge on any atom is 0.251 e. The van der Waals surface area contributed by atoms with E-state index in [2.05, 4.69) is 44.7 Å². The van der Waals surface area contributed by atoms with Gasteiger partial charge in [-0.2, -0.15) is 5.10 Å². The Morgan fingerprint density at radius 3 is 2.55 bits per heavy atom. The van der Waals surface area contributed by atoms with Crippen molar-refractivity contribution in [3.05, 3.63) is 46.3 Å². The van der Waals surface area contributed by atoms with Gasteiger partial charge < -0.3 is 26.0 Å². The highest BCUT2D eigenvalue weighted by Crippen LogP contribution is 2.38. The summed E-state index contributed by atoms with van der Waals surface area (Å²) in [5.41, 5.74) is 6.60. The SMILES string of the molecule is CCc1c(C(=O)NCC2=C(C)C=C(C)NC2O)cc2c(cnn2C)c1N(CC)C1CCC(N2CCNCC2)CC1. The van der Waals surface area contributed by atoms with E-state index < -0.39 is 6.23 Å². The van der Waals surface area contributed by atoms with Gasteiger partial charge in [-0.25, -0.2) is 0 Å². The highest BCUT2D eigenvalue weighted by Gasteiger charge is 2.32. The zero-order valence-electron chi connectivity index (χ0n) is 24.9. The Balaban J connectivity index is 1.43. The third-order valence-corrected chi connectivity index (χ3v) is 9.21. The highest BCUT2D eigenvalue weighted by molar-refractivity contribution is 6.05. The molecule has 1 amide bonds. The molecule has 5 rings (SSSR count). The van der Waals surface area contributed by atoms with Gasteiger partial charge in [0.2, 0.25) is 0 Å². The first-order valence-corrected chi connectivity index (χ1v) is 15.1. The maximum atomic E-state index is 13.8. The van der Waals surface area contributed by atoms with E-state index in [9.17, 15) is 9.90 Å². The van der Waals surface area contributed by atoms with Gasteiger partial charge in [0.1, 0.15) is 6.23 Å². The maximum absolute atomic E-state index is 13.8. The molecule has 3 aliphatic rings. The van der Waals surface area contributed by atoms with Crippen molar-refractivity contribution >= 4 is 22.5 Å². The Morgan fingerprint density at radius 2 is 1.90 bits per heavy atom. The lowest BCUT2D eigenvalue weighted by Crippen LogP contribution is -2.51. The molecule has 1 saturated heterocycles. The molecule has 2 aliphatic heterocycles. The van der Waals surface area contributed by atoms with Gasteiger partial charge in [-0.05, 0) is 76.2 Å². The number of aliphatic hydroxyl groups is 1. The number of aromatic nitrogens is 2. The van der Waals surface area contributed by atoms with Crippen molar-refractivity contribution in [2.45, 2.75) is 78.1 Å². The number of benzene rings is 1. The topological polar surface area (TPSA) is 97.7 Å². The van der Waals surface area contributed by atoms with Crippen LogP contribution in [0.25, 0.3) is 10.9 Å². The first-order chi connectivity index (χ1) is 19.3. The van der Waals surface area contributed by atoms with Gasteiger partial charge >= 0.3 is 0 Å². The number of aryl methyl sites for hydroxylation is 1. The van der Waals surface area contributed by atoms with E-state index in [-0.39, 0.29) is 12.5 Å². The molecule has 218 valence electrons. The van der Waals surface area contributed by atoms with Gasteiger partial charge in [-0.3, -0.25) is 14.4 Å². The van der Waals surface area contributed by atoms with Crippen LogP contribution in [-0.4, -0.2) is 83.3 Å². The molecule has 2 aromatic rings. The van der Waals surface area contributed by atoms with Crippen molar-refractivity contribution in [3.63, 3.8) is 0 Å². The lowest BCUT2D eigenvalue weighted by molar-refractivity contribution is 0.0952. The number of hydrogen-bond donors (Lipinski definition) is 4. The van der Waals surface area contributed by atoms with E-state index in [1.165, 1.54) is 18.5 Å². The summed E-state index contributed by atoms with van der Waals surface area (Å²) >= 11 is 0. The number of piperazine rings is 1. The highest BCUT2D eigenvalue weighted by atomic mass is 16.3. The summed E-state index contributed by atoms with van der Waals surface area (Å²) < 4.78 is 1.87. The number of allylic oxidation sites excluding steroid dienone is 3. The second-order valence-electron chi connectivity index (χ2n) is 11.6. The normalized spacial score (nSPS) is 24.1. The molecular formula is C31H47N7O2. The molecule has 40 heavy (non-hydrogen) atoms. The molecule has 0 bridgehead atoms. The molecule has 0 spiro atoms. The van der Waals surface area contributed by atoms with Crippen molar-refractivity contribution in [1.82, 2.24) is 30.6 Å². The first kappa shape index (κ1) is 28.6. The number of anilines is 1. The van der Waals surface area contributed by atoms with E-state index in [4.69, 9.17) is 0 Å². The standard InChI is InChI=1S/C31H47N7O2/c1-6-24-25(30(39)33-18-26-20(3)16-21(4)35-31(26)40)17-28-27(19-34-36(28)5)29(24)38(7-2)23-10-8-22(9-11-23)37-14-12-32-13-15-37/h16-17,19,22-23,31-32,35,40H,6-15,18H2,1-5H3,(H,33,39). The Kier molecular flexibility index (Phi) is 8.83. The van der Waals surface area contributed by atoms with Gasteiger partial charge in [0, 0.05) is 80.6 Å². The monoisotopic (exact) mass is 549 g/mol. The third-order valence-electron chi connectivity index (χ3n) is 9.21. The first-order valence-electron chi connectivity index (χ1n) is 15.1. The van der Waals surface area contributed by atoms with E-state index in [1.54, 1.807) is 0 Å². The number of carbonyl (C=O) groups is 1. The van der Waals surface area contributed by atoms with Crippen molar-refractivity contribution < 1.29 is 9.90 Å². The number of carbonyl (C=O) groups excluding carboxylic acids is 1. The largest absolute Gasteiger partial charge is 0.370 e. The molecule has 2 fully saturated rings. The van der Waals surface area contributed by atoms with Gasteiger partial charge in [0.25, 0.3) is 5.91 Å². The smallest absolute Gasteiger partial charge is 0.251 e. The fraction of sp³-hybridized carbons (Fsp3) is 0.613. The van der Waals surface area contributed by atoms with Crippen molar-refractivity contribution in [1.29, 1.82) is 0 Å². The number of nitrogens with zero attached hydrogens (tertiary/aromatic N) is 4. The van der Waals surface area contributed by atoms with Crippen LogP contribution in [0, 0.1) is 0 Å². The molecule has 4 N–H and O–H groups in total. The molecule has 0 radical (unpaired) electrons. The van der Waals surface area contributed by atoms with Crippen molar-refractivity contribution in [3.8, 4) is 0 Å². The molecule has 1 saturated carbocycles. The summed E-state index contributed by atoms with van der Waals surface area (Å²) in [4.78, 5) is 19.0. The van der Waals surface area contributed by atoms with Gasteiger partial charge in [-0.15, -0.1) is 0 Å². The van der Waals surface area contributed by atoms with Crippen LogP contribution in [-0.2, 0) is 13.5 Å². The molecule has 9 heteroatoms. The number of fused-ring (bicyclic) bond motifs is 1. The summed E-state index contributed by atoms with van der Waals surface area (Å²) in [5.74, 6) is -0.113. The van der Waals surface area contributed by atoms with Crippen LogP contribution in [0.15, 0.2) is 35.2 Å². The van der Waals surface area contributed by atoms with Gasteiger partial charge in [-0.1, -0.05) is 6.92 Å². The van der Waals surface area contributed by atoms with Crippen LogP contribution < -0.4 is 20.9 Å². The number of amides is 1. The Morgan fingerprint density at radius 1 is 1.18 bits per heavy atom. The lowest BCUT2D eigenvalue weighted by atomic mass is 9.87. The second-order valence-corrected chi connectivity index (χ2v) is 11.6. The second kappa shape index (κ2) is 12.3. The fourth-order valence-electron chi connectivity index (χ4n) is 7.07. The minimum Gasteiger partial charge on any atom is -0.370 e. The van der Waals surface area contributed by atoms with E-state index in [0.29, 0.717) is 17.6 Å². The molecule has 1 aromatic carbocycles. The average Bonchev–Trinajstić information content (AvgIpc) is 3.33. The van der Waals surface area contributed by atoms with Crippen LogP contribution in [0.4, 0.5) is 5.69 Å². The van der Waals surface area contributed by atoms with Crippen LogP contribution in [0.1, 0.15) is 69.3 Å². The number of rotatable bonds is 8. The molecule has 3 heterocycles. The quantitative estimate of drug-likeness (QED) is 0.402. The molecule has 1 unspecified atom stereocenters.